The monoisotopic (exact) mass is 371 g/mol. The number of nitrogens with zero attached hydrogens (tertiary/aromatic N) is 1. The fourth-order valence-electron chi connectivity index (χ4n) is 1.54. The average Bonchev–Trinajstić information content (AvgIpc) is 2.47. The summed E-state index contributed by atoms with van der Waals surface area (Å²) in [6, 6.07) is 11.1. The Morgan fingerprint density at radius 1 is 1.05 bits per heavy atom. The van der Waals surface area contributed by atoms with E-state index in [-0.39, 0.29) is 16.3 Å². The Bertz CT molecular complexity index is 741. The first-order valence-corrected chi connectivity index (χ1v) is 8.29. The molecule has 2 aromatic rings. The van der Waals surface area contributed by atoms with Gasteiger partial charge in [0.1, 0.15) is 10.6 Å². The van der Waals surface area contributed by atoms with E-state index >= 15 is 0 Å². The van der Waals surface area contributed by atoms with E-state index in [9.17, 15) is 18.5 Å². The molecule has 0 heterocycles. The van der Waals surface area contributed by atoms with E-state index in [1.54, 1.807) is 12.1 Å². The van der Waals surface area contributed by atoms with E-state index in [0.29, 0.717) is 5.33 Å². The summed E-state index contributed by atoms with van der Waals surface area (Å²) in [6.45, 7) is 0. The van der Waals surface area contributed by atoms with Crippen LogP contribution >= 0.6 is 15.9 Å². The molecule has 0 aliphatic carbocycles. The molecule has 8 heteroatoms. The molecule has 0 bridgehead atoms. The molecule has 0 saturated heterocycles. The van der Waals surface area contributed by atoms with Gasteiger partial charge in [0.2, 0.25) is 0 Å². The van der Waals surface area contributed by atoms with E-state index in [1.807, 2.05) is 0 Å². The van der Waals surface area contributed by atoms with Gasteiger partial charge in [-0.25, -0.2) is 0 Å². The third-order valence-corrected chi connectivity index (χ3v) is 4.53. The highest BCUT2D eigenvalue weighted by Gasteiger charge is 2.17. The summed E-state index contributed by atoms with van der Waals surface area (Å²) < 4.78 is 29.0. The van der Waals surface area contributed by atoms with Crippen LogP contribution in [0.15, 0.2) is 53.4 Å². The number of hydrogen-bond donors (Lipinski definition) is 0. The number of rotatable bonds is 5. The van der Waals surface area contributed by atoms with Crippen molar-refractivity contribution < 1.29 is 17.5 Å². The van der Waals surface area contributed by atoms with E-state index in [4.69, 9.17) is 4.18 Å². The molecular weight excluding hydrogens is 362 g/mol. The smallest absolute Gasteiger partial charge is 0.339 e. The van der Waals surface area contributed by atoms with Crippen LogP contribution < -0.4 is 4.18 Å². The predicted molar refractivity (Wildman–Crippen MR) is 80.0 cm³/mol. The highest BCUT2D eigenvalue weighted by Crippen LogP contribution is 2.22. The number of hydrogen-bond acceptors (Lipinski definition) is 5. The second kappa shape index (κ2) is 6.23. The summed E-state index contributed by atoms with van der Waals surface area (Å²) >= 11 is 3.27. The number of alkyl halides is 1. The predicted octanol–water partition coefficient (Wildman–Crippen LogP) is 3.26. The Morgan fingerprint density at radius 3 is 2.10 bits per heavy atom. The summed E-state index contributed by atoms with van der Waals surface area (Å²) in [6.07, 6.45) is 0. The normalized spacial score (nSPS) is 11.1. The van der Waals surface area contributed by atoms with Crippen LogP contribution in [0.25, 0.3) is 0 Å². The maximum absolute atomic E-state index is 12.1. The van der Waals surface area contributed by atoms with E-state index in [0.717, 1.165) is 5.56 Å². The molecule has 0 aliphatic heterocycles. The largest absolute Gasteiger partial charge is 0.379 e. The lowest BCUT2D eigenvalue weighted by molar-refractivity contribution is -0.384. The van der Waals surface area contributed by atoms with E-state index < -0.39 is 15.0 Å². The molecule has 2 aromatic carbocycles. The van der Waals surface area contributed by atoms with Crippen molar-refractivity contribution in [3.8, 4) is 5.75 Å². The van der Waals surface area contributed by atoms with Gasteiger partial charge in [-0.15, -0.1) is 0 Å². The summed E-state index contributed by atoms with van der Waals surface area (Å²) in [5, 5.41) is 11.1. The molecule has 0 atom stereocenters. The van der Waals surface area contributed by atoms with Crippen molar-refractivity contribution in [1.82, 2.24) is 0 Å². The maximum Gasteiger partial charge on any atom is 0.339 e. The van der Waals surface area contributed by atoms with Crippen molar-refractivity contribution >= 4 is 31.7 Å². The van der Waals surface area contributed by atoms with Crippen molar-refractivity contribution in [2.24, 2.45) is 0 Å². The second-order valence-electron chi connectivity index (χ2n) is 4.07. The summed E-state index contributed by atoms with van der Waals surface area (Å²) in [7, 11) is -3.96. The fourth-order valence-corrected chi connectivity index (χ4v) is 2.85. The second-order valence-corrected chi connectivity index (χ2v) is 6.17. The van der Waals surface area contributed by atoms with E-state index in [2.05, 4.69) is 15.9 Å². The fraction of sp³-hybridized carbons (Fsp3) is 0.0769. The Hall–Kier alpha value is -1.93. The van der Waals surface area contributed by atoms with Gasteiger partial charge in [-0.05, 0) is 29.8 Å². The lowest BCUT2D eigenvalue weighted by Crippen LogP contribution is -2.09. The molecule has 110 valence electrons. The Morgan fingerprint density at radius 2 is 1.62 bits per heavy atom. The third kappa shape index (κ3) is 3.79. The molecule has 0 amide bonds. The van der Waals surface area contributed by atoms with Crippen LogP contribution in [-0.2, 0) is 15.4 Å². The first-order valence-electron chi connectivity index (χ1n) is 5.76. The summed E-state index contributed by atoms with van der Waals surface area (Å²) in [4.78, 5) is 9.97. The molecule has 0 saturated carbocycles. The van der Waals surface area contributed by atoms with Gasteiger partial charge in [0.05, 0.1) is 4.92 Å². The van der Waals surface area contributed by atoms with Crippen LogP contribution in [0.3, 0.4) is 0 Å². The first-order chi connectivity index (χ1) is 9.92. The van der Waals surface area contributed by atoms with Crippen molar-refractivity contribution in [3.63, 3.8) is 0 Å². The SMILES string of the molecule is O=[N+]([O-])c1ccc(OS(=O)(=O)c2ccc(CBr)cc2)cc1. The highest BCUT2D eigenvalue weighted by molar-refractivity contribution is 9.08. The minimum Gasteiger partial charge on any atom is -0.379 e. The topological polar surface area (TPSA) is 86.5 Å². The summed E-state index contributed by atoms with van der Waals surface area (Å²) in [5.74, 6) is 0.0187. The lowest BCUT2D eigenvalue weighted by Gasteiger charge is -2.07. The van der Waals surface area contributed by atoms with Crippen LogP contribution in [0.1, 0.15) is 5.56 Å². The van der Waals surface area contributed by atoms with Gasteiger partial charge in [0, 0.05) is 17.5 Å². The maximum atomic E-state index is 12.1. The number of halogens is 1. The molecular formula is C13H10BrNO5S. The van der Waals surface area contributed by atoms with Crippen molar-refractivity contribution in [1.29, 1.82) is 0 Å². The zero-order valence-electron chi connectivity index (χ0n) is 10.6. The van der Waals surface area contributed by atoms with Gasteiger partial charge in [-0.1, -0.05) is 28.1 Å². The number of nitro groups is 1. The quantitative estimate of drug-likeness (QED) is 0.348. The van der Waals surface area contributed by atoms with Crippen LogP contribution in [-0.4, -0.2) is 13.3 Å². The molecule has 0 aliphatic rings. The minimum absolute atomic E-state index is 0.0187. The number of benzene rings is 2. The van der Waals surface area contributed by atoms with Crippen LogP contribution in [0.4, 0.5) is 5.69 Å². The van der Waals surface area contributed by atoms with Gasteiger partial charge >= 0.3 is 10.1 Å². The molecule has 0 N–H and O–H groups in total. The van der Waals surface area contributed by atoms with Crippen LogP contribution in [0.2, 0.25) is 0 Å². The molecule has 0 fully saturated rings. The van der Waals surface area contributed by atoms with Gasteiger partial charge in [0.15, 0.2) is 0 Å². The molecule has 6 nitrogen and oxygen atoms in total. The average molecular weight is 372 g/mol. The van der Waals surface area contributed by atoms with Gasteiger partial charge < -0.3 is 4.18 Å². The van der Waals surface area contributed by atoms with Crippen LogP contribution in [0.5, 0.6) is 5.75 Å². The van der Waals surface area contributed by atoms with Gasteiger partial charge in [-0.3, -0.25) is 10.1 Å². The molecule has 2 rings (SSSR count). The van der Waals surface area contributed by atoms with Gasteiger partial charge in [0.25, 0.3) is 5.69 Å². The van der Waals surface area contributed by atoms with Crippen molar-refractivity contribution in [2.75, 3.05) is 0 Å². The van der Waals surface area contributed by atoms with Crippen LogP contribution in [0, 0.1) is 10.1 Å². The molecule has 0 aromatic heterocycles. The Labute approximate surface area is 129 Å². The zero-order valence-corrected chi connectivity index (χ0v) is 13.0. The lowest BCUT2D eigenvalue weighted by atomic mass is 10.2. The Kier molecular flexibility index (Phi) is 4.59. The summed E-state index contributed by atoms with van der Waals surface area (Å²) in [5.41, 5.74) is 0.797. The number of nitro benzene ring substituents is 1. The van der Waals surface area contributed by atoms with Gasteiger partial charge in [-0.2, -0.15) is 8.42 Å². The number of non-ortho nitro benzene ring substituents is 1. The van der Waals surface area contributed by atoms with E-state index in [1.165, 1.54) is 36.4 Å². The standard InChI is InChI=1S/C13H10BrNO5S/c14-9-10-1-7-13(8-2-10)21(18,19)20-12-5-3-11(4-6-12)15(16)17/h1-8H,9H2. The molecule has 0 radical (unpaired) electrons. The first kappa shape index (κ1) is 15.5. The molecule has 21 heavy (non-hydrogen) atoms. The zero-order chi connectivity index (χ0) is 15.5. The molecule has 0 unspecified atom stereocenters. The highest BCUT2D eigenvalue weighted by atomic mass is 79.9. The Balaban J connectivity index is 2.21. The minimum atomic E-state index is -3.96. The van der Waals surface area contributed by atoms with Crippen molar-refractivity contribution in [3.05, 3.63) is 64.2 Å². The van der Waals surface area contributed by atoms with Crippen molar-refractivity contribution in [2.45, 2.75) is 10.2 Å². The molecule has 0 spiro atoms. The third-order valence-electron chi connectivity index (χ3n) is 2.62.